The van der Waals surface area contributed by atoms with Gasteiger partial charge in [0.15, 0.2) is 0 Å². The molecular formula is C59H36N2O. The Balaban J connectivity index is 1.12. The molecular weight excluding hydrogens is 753 g/mol. The van der Waals surface area contributed by atoms with Gasteiger partial charge in [-0.3, -0.25) is 0 Å². The smallest absolute Gasteiger partial charge is 0.137 e. The molecule has 0 bridgehead atoms. The molecule has 1 spiro atoms. The SMILES string of the molecule is [2H]c1c([2H])c([2H])c2c(c1[2H])-c1ccccc1C21c2cc(N(c3ccc4c(c3)c3ccccc3n4-c3ccccc3)c3cccc4oc5ccccc5c34)ccc2-c2cccc3cccc1c23. The summed E-state index contributed by atoms with van der Waals surface area (Å²) in [5, 5.41) is 6.43. The van der Waals surface area contributed by atoms with Crippen LogP contribution in [-0.4, -0.2) is 4.57 Å². The van der Waals surface area contributed by atoms with Crippen LogP contribution >= 0.6 is 0 Å². The Labute approximate surface area is 363 Å². The summed E-state index contributed by atoms with van der Waals surface area (Å²) >= 11 is 0. The van der Waals surface area contributed by atoms with Gasteiger partial charge in [0.2, 0.25) is 0 Å². The van der Waals surface area contributed by atoms with Gasteiger partial charge in [-0.05, 0) is 122 Å². The molecule has 12 aromatic rings. The number of aromatic nitrogens is 1. The van der Waals surface area contributed by atoms with Crippen molar-refractivity contribution in [1.82, 2.24) is 4.57 Å². The molecule has 2 heterocycles. The molecule has 0 saturated carbocycles. The molecule has 0 amide bonds. The van der Waals surface area contributed by atoms with Crippen molar-refractivity contribution >= 4 is 71.6 Å². The standard InChI is InChI=1S/C59H36N2O/c1-2-17-38(18-3-1)61-52-27-10-6-21-44(52)47-35-39(32-34-53(47)61)60(54-28-14-30-56-58(54)46-22-7-11-29-55(46)62-56)40-31-33-43-45-23-12-15-37-16-13-26-50(57(37)45)59(51(43)36-40)48-24-8-4-19-41(48)42-20-5-9-25-49(42)59/h1-36H/i4D,8D,19D,24D. The van der Waals surface area contributed by atoms with Crippen LogP contribution in [0.1, 0.15) is 27.7 Å². The minimum atomic E-state index is -1.09. The third-order valence-corrected chi connectivity index (χ3v) is 13.5. The minimum absolute atomic E-state index is 0.0258. The zero-order valence-corrected chi connectivity index (χ0v) is 33.3. The highest BCUT2D eigenvalue weighted by atomic mass is 16.3. The Morgan fingerprint density at radius 2 is 1.11 bits per heavy atom. The molecule has 3 nitrogen and oxygen atoms in total. The van der Waals surface area contributed by atoms with Crippen molar-refractivity contribution in [3.05, 3.63) is 241 Å². The fourth-order valence-electron chi connectivity index (χ4n) is 11.1. The normalized spacial score (nSPS) is 15.7. The third-order valence-electron chi connectivity index (χ3n) is 13.5. The van der Waals surface area contributed by atoms with Crippen LogP contribution in [0.2, 0.25) is 0 Å². The van der Waals surface area contributed by atoms with E-state index < -0.39 is 5.41 Å². The van der Waals surface area contributed by atoms with Crippen molar-refractivity contribution in [3.8, 4) is 27.9 Å². The molecule has 0 saturated heterocycles. The van der Waals surface area contributed by atoms with E-state index in [1.807, 2.05) is 42.5 Å². The maximum absolute atomic E-state index is 9.82. The molecule has 62 heavy (non-hydrogen) atoms. The van der Waals surface area contributed by atoms with Crippen LogP contribution in [0.4, 0.5) is 17.1 Å². The van der Waals surface area contributed by atoms with Crippen LogP contribution in [-0.2, 0) is 5.41 Å². The average Bonchev–Trinajstić information content (AvgIpc) is 4.02. The van der Waals surface area contributed by atoms with Crippen LogP contribution in [0.25, 0.3) is 82.5 Å². The molecule has 2 aliphatic carbocycles. The predicted molar refractivity (Wildman–Crippen MR) is 257 cm³/mol. The summed E-state index contributed by atoms with van der Waals surface area (Å²) in [4.78, 5) is 2.34. The quantitative estimate of drug-likeness (QED) is 0.177. The third kappa shape index (κ3) is 4.34. The summed E-state index contributed by atoms with van der Waals surface area (Å²) in [6.07, 6.45) is 0. The average molecular weight is 793 g/mol. The van der Waals surface area contributed by atoms with Gasteiger partial charge < -0.3 is 13.9 Å². The van der Waals surface area contributed by atoms with Crippen molar-refractivity contribution in [1.29, 1.82) is 0 Å². The van der Waals surface area contributed by atoms with E-state index in [0.717, 1.165) is 111 Å². The molecule has 10 aromatic carbocycles. The predicted octanol–water partition coefficient (Wildman–Crippen LogP) is 15.6. The second-order valence-electron chi connectivity index (χ2n) is 16.5. The van der Waals surface area contributed by atoms with Crippen molar-refractivity contribution in [2.24, 2.45) is 0 Å². The Bertz CT molecular complexity index is 4070. The Morgan fingerprint density at radius 3 is 2.05 bits per heavy atom. The summed E-state index contributed by atoms with van der Waals surface area (Å²) in [6.45, 7) is 0. The first-order valence-corrected chi connectivity index (χ1v) is 21.1. The topological polar surface area (TPSA) is 21.3 Å². The number of anilines is 3. The van der Waals surface area contributed by atoms with Gasteiger partial charge in [0, 0.05) is 33.2 Å². The van der Waals surface area contributed by atoms with Crippen molar-refractivity contribution in [3.63, 3.8) is 0 Å². The molecule has 0 fully saturated rings. The zero-order valence-electron chi connectivity index (χ0n) is 37.3. The highest BCUT2D eigenvalue weighted by molar-refractivity contribution is 6.15. The molecule has 1 unspecified atom stereocenters. The summed E-state index contributed by atoms with van der Waals surface area (Å²) in [5.41, 5.74) is 13.6. The zero-order chi connectivity index (χ0) is 44.0. The van der Waals surface area contributed by atoms with Crippen LogP contribution in [0.5, 0.6) is 0 Å². The number of hydrogen-bond donors (Lipinski definition) is 0. The van der Waals surface area contributed by atoms with Crippen LogP contribution in [0.15, 0.2) is 223 Å². The Hall–Kier alpha value is -8.14. The lowest BCUT2D eigenvalue weighted by Crippen LogP contribution is -2.32. The van der Waals surface area contributed by atoms with Gasteiger partial charge in [0.25, 0.3) is 0 Å². The number of hydrogen-bond acceptors (Lipinski definition) is 2. The largest absolute Gasteiger partial charge is 0.456 e. The van der Waals surface area contributed by atoms with Gasteiger partial charge in [-0.15, -0.1) is 0 Å². The van der Waals surface area contributed by atoms with Gasteiger partial charge >= 0.3 is 0 Å². The number of para-hydroxylation sites is 3. The second-order valence-corrected chi connectivity index (χ2v) is 16.5. The van der Waals surface area contributed by atoms with E-state index in [4.69, 9.17) is 7.16 Å². The number of benzene rings is 10. The molecule has 2 aromatic heterocycles. The number of furan rings is 1. The van der Waals surface area contributed by atoms with Crippen LogP contribution in [0, 0.1) is 0 Å². The highest BCUT2D eigenvalue weighted by Gasteiger charge is 2.50. The molecule has 3 heteroatoms. The van der Waals surface area contributed by atoms with E-state index in [9.17, 15) is 2.74 Å². The maximum Gasteiger partial charge on any atom is 0.137 e. The van der Waals surface area contributed by atoms with Crippen molar-refractivity contribution < 1.29 is 9.90 Å². The monoisotopic (exact) mass is 792 g/mol. The van der Waals surface area contributed by atoms with Crippen molar-refractivity contribution in [2.45, 2.75) is 5.41 Å². The van der Waals surface area contributed by atoms with Crippen molar-refractivity contribution in [2.75, 3.05) is 4.90 Å². The molecule has 1 atom stereocenters. The summed E-state index contributed by atoms with van der Waals surface area (Å²) in [6, 6.07) is 67.5. The van der Waals surface area contributed by atoms with Gasteiger partial charge in [-0.25, -0.2) is 0 Å². The molecule has 0 aliphatic heterocycles. The molecule has 14 rings (SSSR count). The van der Waals surface area contributed by atoms with Gasteiger partial charge in [-0.1, -0.05) is 152 Å². The maximum atomic E-state index is 9.82. The highest BCUT2D eigenvalue weighted by Crippen LogP contribution is 2.62. The van der Waals surface area contributed by atoms with E-state index in [0.29, 0.717) is 11.1 Å². The van der Waals surface area contributed by atoms with Crippen LogP contribution in [0.3, 0.4) is 0 Å². The lowest BCUT2D eigenvalue weighted by Gasteiger charge is -2.41. The Kier molecular flexibility index (Phi) is 6.02. The van der Waals surface area contributed by atoms with Crippen LogP contribution < -0.4 is 4.90 Å². The van der Waals surface area contributed by atoms with E-state index in [1.54, 1.807) is 0 Å². The Morgan fingerprint density at radius 1 is 0.435 bits per heavy atom. The van der Waals surface area contributed by atoms with E-state index >= 15 is 0 Å². The minimum Gasteiger partial charge on any atom is -0.456 e. The van der Waals surface area contributed by atoms with Gasteiger partial charge in [0.1, 0.15) is 11.2 Å². The van der Waals surface area contributed by atoms with E-state index in [1.165, 1.54) is 0 Å². The first-order valence-electron chi connectivity index (χ1n) is 23.1. The molecule has 0 N–H and O–H groups in total. The fourth-order valence-corrected chi connectivity index (χ4v) is 11.1. The van der Waals surface area contributed by atoms with E-state index in [2.05, 4.69) is 161 Å². The summed E-state index contributed by atoms with van der Waals surface area (Å²) in [5.74, 6) is 0. The number of nitrogens with zero attached hydrogens (tertiary/aromatic N) is 2. The lowest BCUT2D eigenvalue weighted by atomic mass is 9.61. The number of rotatable bonds is 4. The fraction of sp³-hybridized carbons (Fsp3) is 0.0169. The van der Waals surface area contributed by atoms with Gasteiger partial charge in [0.05, 0.1) is 33.0 Å². The van der Waals surface area contributed by atoms with E-state index in [-0.39, 0.29) is 24.2 Å². The first-order chi connectivity index (χ1) is 32.4. The van der Waals surface area contributed by atoms with Gasteiger partial charge in [-0.2, -0.15) is 0 Å². The molecule has 0 radical (unpaired) electrons. The number of fused-ring (bicyclic) bond motifs is 15. The summed E-state index contributed by atoms with van der Waals surface area (Å²) < 4.78 is 46.2. The molecule has 288 valence electrons. The summed E-state index contributed by atoms with van der Waals surface area (Å²) in [7, 11) is 0. The lowest BCUT2D eigenvalue weighted by molar-refractivity contribution is 0.669. The molecule has 2 aliphatic rings. The second kappa shape index (κ2) is 12.4. The first kappa shape index (κ1) is 30.0.